The monoisotopic (exact) mass is 197 g/mol. The number of aliphatic hydroxyl groups is 1. The van der Waals surface area contributed by atoms with Gasteiger partial charge in [-0.05, 0) is 32.1 Å². The van der Waals surface area contributed by atoms with Gasteiger partial charge in [0.2, 0.25) is 0 Å². The average molecular weight is 197 g/mol. The Morgan fingerprint density at radius 3 is 2.29 bits per heavy atom. The Balaban J connectivity index is 1.67. The average Bonchev–Trinajstić information content (AvgIpc) is 2.73. The Morgan fingerprint density at radius 1 is 1.00 bits per heavy atom. The van der Waals surface area contributed by atoms with Crippen LogP contribution in [0.2, 0.25) is 0 Å². The van der Waals surface area contributed by atoms with E-state index in [2.05, 4.69) is 4.90 Å². The summed E-state index contributed by atoms with van der Waals surface area (Å²) in [4.78, 5) is 2.48. The molecular weight excluding hydrogens is 178 g/mol. The predicted octanol–water partition coefficient (Wildman–Crippen LogP) is 0.763. The summed E-state index contributed by atoms with van der Waals surface area (Å²) in [6, 6.07) is 0.432. The Morgan fingerprint density at radius 2 is 1.71 bits per heavy atom. The van der Waals surface area contributed by atoms with Gasteiger partial charge in [0.25, 0.3) is 0 Å². The third-order valence-electron chi connectivity index (χ3n) is 3.98. The van der Waals surface area contributed by atoms with Crippen molar-refractivity contribution in [2.75, 3.05) is 13.1 Å². The molecular formula is C11H19NO2. The minimum atomic E-state index is -0.0764. The fourth-order valence-electron chi connectivity index (χ4n) is 3.26. The highest BCUT2D eigenvalue weighted by Gasteiger charge is 2.39. The maximum absolute atomic E-state index is 9.85. The third-order valence-corrected chi connectivity index (χ3v) is 3.98. The van der Waals surface area contributed by atoms with Crippen molar-refractivity contribution < 1.29 is 9.84 Å². The van der Waals surface area contributed by atoms with E-state index >= 15 is 0 Å². The molecule has 3 heteroatoms. The maximum Gasteiger partial charge on any atom is 0.0707 e. The van der Waals surface area contributed by atoms with Crippen LogP contribution in [0.15, 0.2) is 0 Å². The van der Waals surface area contributed by atoms with Gasteiger partial charge in [-0.2, -0.15) is 0 Å². The van der Waals surface area contributed by atoms with Gasteiger partial charge in [0.05, 0.1) is 18.3 Å². The molecule has 80 valence electrons. The first-order chi connectivity index (χ1) is 6.83. The fraction of sp³-hybridized carbons (Fsp3) is 1.00. The molecule has 3 rings (SSSR count). The van der Waals surface area contributed by atoms with E-state index in [1.165, 1.54) is 25.7 Å². The summed E-state index contributed by atoms with van der Waals surface area (Å²) in [7, 11) is 0. The summed E-state index contributed by atoms with van der Waals surface area (Å²) in [5.74, 6) is 0. The Hall–Kier alpha value is -0.120. The molecule has 0 amide bonds. The lowest BCUT2D eigenvalue weighted by Gasteiger charge is -2.37. The topological polar surface area (TPSA) is 32.7 Å². The zero-order valence-electron chi connectivity index (χ0n) is 8.56. The van der Waals surface area contributed by atoms with Crippen LogP contribution in [-0.2, 0) is 4.74 Å². The molecule has 0 aromatic carbocycles. The van der Waals surface area contributed by atoms with Crippen molar-refractivity contribution in [2.45, 2.75) is 56.5 Å². The molecule has 2 unspecified atom stereocenters. The van der Waals surface area contributed by atoms with Crippen molar-refractivity contribution in [1.82, 2.24) is 4.90 Å². The maximum atomic E-state index is 9.85. The van der Waals surface area contributed by atoms with E-state index in [9.17, 15) is 5.11 Å². The van der Waals surface area contributed by atoms with Crippen LogP contribution in [0.25, 0.3) is 0 Å². The van der Waals surface area contributed by atoms with E-state index in [-0.39, 0.29) is 6.10 Å². The molecule has 1 N–H and O–H groups in total. The summed E-state index contributed by atoms with van der Waals surface area (Å²) >= 11 is 0. The highest BCUT2D eigenvalue weighted by Crippen LogP contribution is 2.32. The predicted molar refractivity (Wildman–Crippen MR) is 53.1 cm³/mol. The van der Waals surface area contributed by atoms with Crippen LogP contribution in [0.3, 0.4) is 0 Å². The zero-order valence-corrected chi connectivity index (χ0v) is 8.56. The minimum Gasteiger partial charge on any atom is -0.391 e. The number of likely N-dealkylation sites (tertiary alicyclic amines) is 1. The van der Waals surface area contributed by atoms with E-state index in [4.69, 9.17) is 4.74 Å². The molecule has 14 heavy (non-hydrogen) atoms. The second-order valence-corrected chi connectivity index (χ2v) is 4.98. The Kier molecular flexibility index (Phi) is 2.26. The smallest absolute Gasteiger partial charge is 0.0707 e. The van der Waals surface area contributed by atoms with E-state index in [1.807, 2.05) is 0 Å². The summed E-state index contributed by atoms with van der Waals surface area (Å²) in [5, 5.41) is 9.85. The van der Waals surface area contributed by atoms with Crippen molar-refractivity contribution >= 4 is 0 Å². The van der Waals surface area contributed by atoms with Crippen LogP contribution in [0.4, 0.5) is 0 Å². The largest absolute Gasteiger partial charge is 0.391 e. The summed E-state index contributed by atoms with van der Waals surface area (Å²) in [5.41, 5.74) is 0. The molecule has 2 aliphatic heterocycles. The second kappa shape index (κ2) is 3.47. The van der Waals surface area contributed by atoms with Gasteiger partial charge < -0.3 is 9.84 Å². The first kappa shape index (κ1) is 9.13. The molecule has 0 spiro atoms. The summed E-state index contributed by atoms with van der Waals surface area (Å²) < 4.78 is 5.80. The summed E-state index contributed by atoms with van der Waals surface area (Å²) in [6.07, 6.45) is 6.67. The minimum absolute atomic E-state index is 0.0764. The van der Waals surface area contributed by atoms with Crippen LogP contribution >= 0.6 is 0 Å². The zero-order chi connectivity index (χ0) is 9.54. The van der Waals surface area contributed by atoms with E-state index in [1.54, 1.807) is 0 Å². The van der Waals surface area contributed by atoms with Gasteiger partial charge in [0.15, 0.2) is 0 Å². The lowest BCUT2D eigenvalue weighted by molar-refractivity contribution is -0.0668. The van der Waals surface area contributed by atoms with Gasteiger partial charge in [0, 0.05) is 19.1 Å². The normalized spacial score (nSPS) is 48.6. The van der Waals surface area contributed by atoms with Gasteiger partial charge in [-0.15, -0.1) is 0 Å². The number of morpholine rings is 1. The number of rotatable bonds is 1. The lowest BCUT2D eigenvalue weighted by atomic mass is 10.1. The lowest BCUT2D eigenvalue weighted by Crippen LogP contribution is -2.50. The van der Waals surface area contributed by atoms with Gasteiger partial charge in [-0.25, -0.2) is 0 Å². The van der Waals surface area contributed by atoms with Crippen LogP contribution in [0, 0.1) is 0 Å². The van der Waals surface area contributed by atoms with E-state index in [0.29, 0.717) is 18.2 Å². The number of hydrogen-bond acceptors (Lipinski definition) is 3. The molecule has 2 bridgehead atoms. The number of fused-ring (bicyclic) bond motifs is 2. The number of aliphatic hydroxyl groups excluding tert-OH is 1. The molecule has 3 nitrogen and oxygen atoms in total. The quantitative estimate of drug-likeness (QED) is 0.673. The Bertz CT molecular complexity index is 209. The molecule has 0 aromatic rings. The number of ether oxygens (including phenoxy) is 1. The van der Waals surface area contributed by atoms with Crippen molar-refractivity contribution in [3.8, 4) is 0 Å². The molecule has 3 fully saturated rings. The number of hydrogen-bond donors (Lipinski definition) is 1. The van der Waals surface area contributed by atoms with E-state index in [0.717, 1.165) is 19.5 Å². The molecule has 0 radical (unpaired) electrons. The second-order valence-electron chi connectivity index (χ2n) is 4.98. The highest BCUT2D eigenvalue weighted by atomic mass is 16.5. The third kappa shape index (κ3) is 1.47. The Labute approximate surface area is 85.0 Å². The molecule has 1 aliphatic carbocycles. The molecule has 4 atom stereocenters. The van der Waals surface area contributed by atoms with Crippen molar-refractivity contribution in [3.63, 3.8) is 0 Å². The first-order valence-corrected chi connectivity index (χ1v) is 5.90. The van der Waals surface area contributed by atoms with Crippen molar-refractivity contribution in [3.05, 3.63) is 0 Å². The molecule has 3 aliphatic rings. The van der Waals surface area contributed by atoms with Crippen LogP contribution in [0.5, 0.6) is 0 Å². The molecule has 2 saturated heterocycles. The molecule has 0 aromatic heterocycles. The van der Waals surface area contributed by atoms with E-state index < -0.39 is 0 Å². The molecule has 2 heterocycles. The van der Waals surface area contributed by atoms with Crippen LogP contribution in [0.1, 0.15) is 32.1 Å². The van der Waals surface area contributed by atoms with Gasteiger partial charge >= 0.3 is 0 Å². The van der Waals surface area contributed by atoms with Crippen LogP contribution < -0.4 is 0 Å². The van der Waals surface area contributed by atoms with Crippen molar-refractivity contribution in [1.29, 1.82) is 0 Å². The van der Waals surface area contributed by atoms with Crippen molar-refractivity contribution in [2.24, 2.45) is 0 Å². The highest BCUT2D eigenvalue weighted by molar-refractivity contribution is 4.92. The fourth-order valence-corrected chi connectivity index (χ4v) is 3.26. The first-order valence-electron chi connectivity index (χ1n) is 5.90. The summed E-state index contributed by atoms with van der Waals surface area (Å²) in [6.45, 7) is 2.11. The molecule has 1 saturated carbocycles. The SMILES string of the molecule is O[C@@H]1CCC[C@H]1N1CC2CCC(C1)O2. The number of nitrogens with zero attached hydrogens (tertiary/aromatic N) is 1. The standard InChI is InChI=1S/C11H19NO2/c13-11-3-1-2-10(11)12-6-8-4-5-9(7-12)14-8/h8-11,13H,1-7H2/t8?,9?,10-,11-/m1/s1. The van der Waals surface area contributed by atoms with Gasteiger partial charge in [-0.3, -0.25) is 4.90 Å². The van der Waals surface area contributed by atoms with Gasteiger partial charge in [0.1, 0.15) is 0 Å². The van der Waals surface area contributed by atoms with Gasteiger partial charge in [-0.1, -0.05) is 0 Å². The van der Waals surface area contributed by atoms with Crippen LogP contribution in [-0.4, -0.2) is 47.4 Å².